The van der Waals surface area contributed by atoms with Gasteiger partial charge in [0.05, 0.1) is 0 Å². The summed E-state index contributed by atoms with van der Waals surface area (Å²) in [7, 11) is 0. The molecule has 0 aromatic heterocycles. The van der Waals surface area contributed by atoms with Gasteiger partial charge in [-0.1, -0.05) is 206 Å². The van der Waals surface area contributed by atoms with E-state index in [9.17, 15) is 0 Å². The third-order valence-corrected chi connectivity index (χ3v) is 16.3. The lowest BCUT2D eigenvalue weighted by Crippen LogP contribution is -1.95. The summed E-state index contributed by atoms with van der Waals surface area (Å²) in [6, 6.07) is 96.0. The van der Waals surface area contributed by atoms with E-state index >= 15 is 0 Å². The van der Waals surface area contributed by atoms with Gasteiger partial charge in [-0.05, 0) is 220 Å². The smallest absolute Gasteiger partial charge is 0.000763 e. The molecule has 0 radical (unpaired) electrons. The third-order valence-electron chi connectivity index (χ3n) is 16.3. The zero-order valence-electron chi connectivity index (χ0n) is 40.0. The van der Waals surface area contributed by atoms with Gasteiger partial charge in [0.15, 0.2) is 0 Å². The minimum atomic E-state index is 0.983. The molecule has 0 unspecified atom stereocenters. The van der Waals surface area contributed by atoms with E-state index in [1.54, 1.807) is 0 Å². The normalized spacial score (nSPS) is 12.3. The minimum absolute atomic E-state index is 0.983. The van der Waals surface area contributed by atoms with Crippen molar-refractivity contribution in [3.05, 3.63) is 266 Å². The SMILES string of the molecule is c1ccc(-c2cc(-c3ccccc3)cc(-c3cc(-c4ccc(-c5ccc6c(c5)Cc5ccccc5-6)cc4)cc(-c4cc5ccc6cc(-c7ccccc7)c7ccc8ccc9ccc4c4c9c8c7c6c54)c3)c2)cc1. The van der Waals surface area contributed by atoms with Crippen LogP contribution in [-0.2, 0) is 6.42 Å². The van der Waals surface area contributed by atoms with Crippen LogP contribution in [0.2, 0.25) is 0 Å². The fourth-order valence-corrected chi connectivity index (χ4v) is 12.9. The summed E-state index contributed by atoms with van der Waals surface area (Å²) in [6.45, 7) is 0. The molecule has 336 valence electrons. The van der Waals surface area contributed by atoms with E-state index in [1.807, 2.05) is 0 Å². The van der Waals surface area contributed by atoms with Gasteiger partial charge in [0, 0.05) is 0 Å². The standard InChI is InChI=1S/C73H44/c1-4-12-44(13-5-1)55-36-56(45-14-6-2-7-15-45)38-58(37-55)59-39-57(47-22-20-46(21-23-47)51-30-31-63-60(34-51)35-52-18-10-11-19-62(52)63)40-61(41-59)67-43-54-27-26-53-42-66(48-16-8-3-9-17-48)64-32-28-49-24-25-50-29-33-65(67)73-69(50)68(49)72(64)70(53)71(54)73/h1-34,36-43H,35H2. The van der Waals surface area contributed by atoms with Crippen molar-refractivity contribution in [1.82, 2.24) is 0 Å². The van der Waals surface area contributed by atoms with Gasteiger partial charge in [0.2, 0.25) is 0 Å². The first-order valence-electron chi connectivity index (χ1n) is 25.6. The van der Waals surface area contributed by atoms with Crippen LogP contribution in [-0.4, -0.2) is 0 Å². The topological polar surface area (TPSA) is 0 Å². The average Bonchev–Trinajstić information content (AvgIpc) is 3.88. The van der Waals surface area contributed by atoms with Gasteiger partial charge in [-0.15, -0.1) is 0 Å². The maximum absolute atomic E-state index is 2.49. The molecule has 0 heterocycles. The van der Waals surface area contributed by atoms with Gasteiger partial charge < -0.3 is 0 Å². The lowest BCUT2D eigenvalue weighted by atomic mass is 9.79. The monoisotopic (exact) mass is 920 g/mol. The molecule has 0 nitrogen and oxygen atoms in total. The predicted molar refractivity (Wildman–Crippen MR) is 311 cm³/mol. The Balaban J connectivity index is 0.928. The van der Waals surface area contributed by atoms with Crippen LogP contribution in [0.1, 0.15) is 11.1 Å². The van der Waals surface area contributed by atoms with Crippen molar-refractivity contribution >= 4 is 64.6 Å². The Labute approximate surface area is 423 Å². The van der Waals surface area contributed by atoms with E-state index in [1.165, 1.54) is 165 Å². The van der Waals surface area contributed by atoms with Crippen LogP contribution in [0.5, 0.6) is 0 Å². The molecule has 15 aromatic carbocycles. The molecular formula is C73H44. The summed E-state index contributed by atoms with van der Waals surface area (Å²) in [6.07, 6.45) is 0.983. The molecule has 0 bridgehead atoms. The van der Waals surface area contributed by atoms with Crippen LogP contribution >= 0.6 is 0 Å². The summed E-state index contributed by atoms with van der Waals surface area (Å²) < 4.78 is 0. The van der Waals surface area contributed by atoms with Crippen molar-refractivity contribution < 1.29 is 0 Å². The maximum Gasteiger partial charge on any atom is -0.000763 e. The molecule has 0 amide bonds. The number of rotatable bonds is 7. The van der Waals surface area contributed by atoms with E-state index in [0.717, 1.165) is 6.42 Å². The first-order valence-corrected chi connectivity index (χ1v) is 25.6. The molecule has 0 fully saturated rings. The Kier molecular flexibility index (Phi) is 8.61. The van der Waals surface area contributed by atoms with Gasteiger partial charge in [0.25, 0.3) is 0 Å². The van der Waals surface area contributed by atoms with Gasteiger partial charge in [0.1, 0.15) is 0 Å². The molecule has 15 aromatic rings. The molecule has 0 spiro atoms. The molecular weight excluding hydrogens is 877 g/mol. The highest BCUT2D eigenvalue weighted by atomic mass is 14.3. The van der Waals surface area contributed by atoms with Gasteiger partial charge in [-0.3, -0.25) is 0 Å². The Morgan fingerprint density at radius 3 is 1.10 bits per heavy atom. The summed E-state index contributed by atoms with van der Waals surface area (Å²) in [5.74, 6) is 0. The fourth-order valence-electron chi connectivity index (χ4n) is 12.9. The Morgan fingerprint density at radius 1 is 0.178 bits per heavy atom. The highest BCUT2D eigenvalue weighted by Gasteiger charge is 2.25. The molecule has 0 saturated heterocycles. The van der Waals surface area contributed by atoms with Gasteiger partial charge >= 0.3 is 0 Å². The molecule has 0 aliphatic heterocycles. The summed E-state index contributed by atoms with van der Waals surface area (Å²) in [5, 5.41) is 15.9. The first kappa shape index (κ1) is 40.4. The maximum atomic E-state index is 2.49. The van der Waals surface area contributed by atoms with Crippen molar-refractivity contribution in [2.24, 2.45) is 0 Å². The van der Waals surface area contributed by atoms with E-state index in [0.29, 0.717) is 0 Å². The lowest BCUT2D eigenvalue weighted by molar-refractivity contribution is 1.26. The van der Waals surface area contributed by atoms with E-state index < -0.39 is 0 Å². The largest absolute Gasteiger partial charge is 0.0622 e. The lowest BCUT2D eigenvalue weighted by Gasteiger charge is -2.23. The number of hydrogen-bond acceptors (Lipinski definition) is 0. The zero-order chi connectivity index (χ0) is 47.7. The van der Waals surface area contributed by atoms with Crippen LogP contribution in [0.3, 0.4) is 0 Å². The zero-order valence-corrected chi connectivity index (χ0v) is 40.0. The molecule has 73 heavy (non-hydrogen) atoms. The molecule has 1 aliphatic rings. The Bertz CT molecular complexity index is 4560. The van der Waals surface area contributed by atoms with Crippen LogP contribution in [0, 0.1) is 0 Å². The summed E-state index contributed by atoms with van der Waals surface area (Å²) in [5.41, 5.74) is 22.6. The minimum Gasteiger partial charge on any atom is -0.0622 e. The van der Waals surface area contributed by atoms with Crippen molar-refractivity contribution in [2.75, 3.05) is 0 Å². The third kappa shape index (κ3) is 6.21. The first-order chi connectivity index (χ1) is 36.1. The summed E-state index contributed by atoms with van der Waals surface area (Å²) >= 11 is 0. The summed E-state index contributed by atoms with van der Waals surface area (Å²) in [4.78, 5) is 0. The van der Waals surface area contributed by atoms with Crippen molar-refractivity contribution in [3.8, 4) is 89.0 Å². The highest BCUT2D eigenvalue weighted by molar-refractivity contribution is 6.46. The number of benzene rings is 15. The van der Waals surface area contributed by atoms with Gasteiger partial charge in [-0.25, -0.2) is 0 Å². The van der Waals surface area contributed by atoms with Gasteiger partial charge in [-0.2, -0.15) is 0 Å². The van der Waals surface area contributed by atoms with Crippen LogP contribution in [0.15, 0.2) is 255 Å². The molecule has 0 heteroatoms. The Morgan fingerprint density at radius 2 is 0.548 bits per heavy atom. The average molecular weight is 921 g/mol. The second-order valence-electron chi connectivity index (χ2n) is 20.3. The highest BCUT2D eigenvalue weighted by Crippen LogP contribution is 2.52. The van der Waals surface area contributed by atoms with E-state index in [4.69, 9.17) is 0 Å². The second-order valence-corrected chi connectivity index (χ2v) is 20.3. The van der Waals surface area contributed by atoms with Crippen molar-refractivity contribution in [2.45, 2.75) is 6.42 Å². The van der Waals surface area contributed by atoms with Crippen LogP contribution < -0.4 is 0 Å². The van der Waals surface area contributed by atoms with Crippen LogP contribution in [0.25, 0.3) is 154 Å². The van der Waals surface area contributed by atoms with E-state index in [-0.39, 0.29) is 0 Å². The number of hydrogen-bond donors (Lipinski definition) is 0. The molecule has 1 aliphatic carbocycles. The number of fused-ring (bicyclic) bond motifs is 3. The van der Waals surface area contributed by atoms with Crippen LogP contribution in [0.4, 0.5) is 0 Å². The fraction of sp³-hybridized carbons (Fsp3) is 0.0137. The molecule has 0 saturated carbocycles. The quantitative estimate of drug-likeness (QED) is 0.110. The predicted octanol–water partition coefficient (Wildman–Crippen LogP) is 20.2. The molecule has 0 N–H and O–H groups in total. The second kappa shape index (κ2) is 15.6. The van der Waals surface area contributed by atoms with Crippen molar-refractivity contribution in [1.29, 1.82) is 0 Å². The molecule has 16 rings (SSSR count). The molecule has 0 atom stereocenters. The Hall–Kier alpha value is -9.36. The van der Waals surface area contributed by atoms with Crippen molar-refractivity contribution in [3.63, 3.8) is 0 Å². The van der Waals surface area contributed by atoms with E-state index in [2.05, 4.69) is 255 Å².